The highest BCUT2D eigenvalue weighted by Gasteiger charge is 2.07. The second-order valence-electron chi connectivity index (χ2n) is 4.85. The van der Waals surface area contributed by atoms with Crippen LogP contribution < -0.4 is 11.2 Å². The summed E-state index contributed by atoms with van der Waals surface area (Å²) in [5, 5.41) is 20.2. The molecule has 0 unspecified atom stereocenters. The summed E-state index contributed by atoms with van der Waals surface area (Å²) < 4.78 is 5.76. The summed E-state index contributed by atoms with van der Waals surface area (Å²) >= 11 is 0. The van der Waals surface area contributed by atoms with Gasteiger partial charge in [-0.25, -0.2) is 0 Å². The first-order valence-electron chi connectivity index (χ1n) is 6.78. The van der Waals surface area contributed by atoms with Crippen molar-refractivity contribution in [3.05, 3.63) is 47.7 Å². The third kappa shape index (κ3) is 2.91. The Morgan fingerprint density at radius 1 is 1.27 bits per heavy atom. The minimum Gasteiger partial charge on any atom is -0.459 e. The van der Waals surface area contributed by atoms with Crippen molar-refractivity contribution in [1.82, 2.24) is 20.3 Å². The zero-order valence-corrected chi connectivity index (χ0v) is 12.0. The summed E-state index contributed by atoms with van der Waals surface area (Å²) in [6.07, 6.45) is -0.479. The number of hydrogen-bond donors (Lipinski definition) is 3. The van der Waals surface area contributed by atoms with Crippen molar-refractivity contribution >= 4 is 5.95 Å². The summed E-state index contributed by atoms with van der Waals surface area (Å²) in [7, 11) is 0. The Balaban J connectivity index is 1.69. The van der Waals surface area contributed by atoms with Gasteiger partial charge in [0.25, 0.3) is 5.95 Å². The maximum Gasteiger partial charge on any atom is 0.260 e. The average Bonchev–Trinajstić information content (AvgIpc) is 3.14. The van der Waals surface area contributed by atoms with Gasteiger partial charge in [-0.1, -0.05) is 29.4 Å². The topological polar surface area (TPSA) is 115 Å². The lowest BCUT2D eigenvalue weighted by Crippen LogP contribution is -2.18. The smallest absolute Gasteiger partial charge is 0.260 e. The van der Waals surface area contributed by atoms with E-state index in [1.54, 1.807) is 6.92 Å². The third-order valence-electron chi connectivity index (χ3n) is 3.24. The Hall–Kier alpha value is -2.87. The van der Waals surface area contributed by atoms with Gasteiger partial charge in [0.2, 0.25) is 0 Å². The summed E-state index contributed by atoms with van der Waals surface area (Å²) in [4.78, 5) is 1.28. The average molecular weight is 300 g/mol. The van der Waals surface area contributed by atoms with Crippen LogP contribution in [0.5, 0.6) is 0 Å². The number of hydrogen-bond acceptors (Lipinski definition) is 7. The molecule has 0 aliphatic carbocycles. The number of nitrogens with zero attached hydrogens (tertiary/aromatic N) is 4. The molecule has 0 fully saturated rings. The molecule has 8 heteroatoms. The molecule has 22 heavy (non-hydrogen) atoms. The van der Waals surface area contributed by atoms with Crippen molar-refractivity contribution < 1.29 is 9.52 Å². The number of nitrogens with one attached hydrogen (secondary N) is 1. The van der Waals surface area contributed by atoms with Gasteiger partial charge in [0.05, 0.1) is 12.6 Å². The fourth-order valence-corrected chi connectivity index (χ4v) is 2.01. The third-order valence-corrected chi connectivity index (χ3v) is 3.24. The van der Waals surface area contributed by atoms with Gasteiger partial charge in [0, 0.05) is 5.56 Å². The summed E-state index contributed by atoms with van der Waals surface area (Å²) in [5.41, 5.74) is 10.3. The number of benzene rings is 1. The van der Waals surface area contributed by atoms with Gasteiger partial charge in [-0.2, -0.15) is 0 Å². The van der Waals surface area contributed by atoms with E-state index >= 15 is 0 Å². The highest BCUT2D eigenvalue weighted by Crippen LogP contribution is 2.24. The number of nitrogen functional groups attached to an aromatic ring is 1. The number of rotatable bonds is 5. The van der Waals surface area contributed by atoms with E-state index in [9.17, 15) is 5.11 Å². The van der Waals surface area contributed by atoms with Gasteiger partial charge in [0.1, 0.15) is 11.5 Å². The van der Waals surface area contributed by atoms with Crippen LogP contribution in [0.25, 0.3) is 11.3 Å². The molecule has 1 aromatic carbocycles. The molecule has 0 saturated heterocycles. The van der Waals surface area contributed by atoms with Crippen molar-refractivity contribution in [2.24, 2.45) is 0 Å². The number of aliphatic hydroxyl groups excluding tert-OH is 1. The quantitative estimate of drug-likeness (QED) is 0.650. The van der Waals surface area contributed by atoms with Gasteiger partial charge in [-0.05, 0) is 35.0 Å². The van der Waals surface area contributed by atoms with Crippen molar-refractivity contribution in [2.45, 2.75) is 19.6 Å². The lowest BCUT2D eigenvalue weighted by molar-refractivity contribution is 0.199. The molecule has 0 spiro atoms. The molecule has 3 rings (SSSR count). The van der Waals surface area contributed by atoms with Crippen LogP contribution in [-0.4, -0.2) is 25.4 Å². The monoisotopic (exact) mass is 300 g/mol. The Morgan fingerprint density at radius 3 is 2.68 bits per heavy atom. The van der Waals surface area contributed by atoms with Gasteiger partial charge >= 0.3 is 0 Å². The van der Waals surface area contributed by atoms with Crippen LogP contribution in [0.2, 0.25) is 0 Å². The molecule has 0 aliphatic heterocycles. The fraction of sp³-hybridized carbons (Fsp3) is 0.214. The summed E-state index contributed by atoms with van der Waals surface area (Å²) in [6.45, 7) is 2.14. The number of furan rings is 1. The van der Waals surface area contributed by atoms with Crippen LogP contribution in [0.15, 0.2) is 40.8 Å². The van der Waals surface area contributed by atoms with E-state index in [1.165, 1.54) is 4.79 Å². The summed E-state index contributed by atoms with van der Waals surface area (Å²) in [5.74, 6) is 1.66. The highest BCUT2D eigenvalue weighted by atomic mass is 16.3. The molecule has 2 aromatic heterocycles. The SMILES string of the molecule is C[C@@H](O)c1ccc(-c2ccc(CNn3nnnc3N)o2)cc1. The number of aliphatic hydroxyl groups is 1. The maximum absolute atomic E-state index is 9.51. The molecule has 0 bridgehead atoms. The molecule has 114 valence electrons. The molecular weight excluding hydrogens is 284 g/mol. The largest absolute Gasteiger partial charge is 0.459 e. The van der Waals surface area contributed by atoms with E-state index in [4.69, 9.17) is 10.2 Å². The Bertz CT molecular complexity index is 747. The molecule has 0 saturated carbocycles. The molecule has 1 atom stereocenters. The second-order valence-corrected chi connectivity index (χ2v) is 4.85. The molecule has 0 aliphatic rings. The van der Waals surface area contributed by atoms with E-state index in [0.717, 1.165) is 22.6 Å². The van der Waals surface area contributed by atoms with E-state index in [2.05, 4.69) is 21.0 Å². The predicted molar refractivity (Wildman–Crippen MR) is 80.1 cm³/mol. The zero-order valence-electron chi connectivity index (χ0n) is 12.0. The van der Waals surface area contributed by atoms with Gasteiger partial charge < -0.3 is 15.3 Å². The molecule has 4 N–H and O–H groups in total. The first-order valence-corrected chi connectivity index (χ1v) is 6.78. The van der Waals surface area contributed by atoms with Crippen LogP contribution in [0, 0.1) is 0 Å². The number of tetrazole rings is 1. The molecule has 2 heterocycles. The van der Waals surface area contributed by atoms with Crippen molar-refractivity contribution in [3.8, 4) is 11.3 Å². The van der Waals surface area contributed by atoms with E-state index in [-0.39, 0.29) is 5.95 Å². The van der Waals surface area contributed by atoms with Crippen molar-refractivity contribution in [2.75, 3.05) is 11.2 Å². The standard InChI is InChI=1S/C14H16N6O2/c1-9(21)10-2-4-11(5-3-10)13-7-6-12(22-13)8-16-20-14(15)17-18-19-20/h2-7,9,16,21H,8H2,1H3,(H2,15,17,19)/t9-/m1/s1. The summed E-state index contributed by atoms with van der Waals surface area (Å²) in [6, 6.07) is 11.3. The van der Waals surface area contributed by atoms with E-state index in [1.807, 2.05) is 36.4 Å². The lowest BCUT2D eigenvalue weighted by Gasteiger charge is -2.05. The zero-order chi connectivity index (χ0) is 15.5. The number of anilines is 1. The van der Waals surface area contributed by atoms with Crippen LogP contribution >= 0.6 is 0 Å². The molecule has 0 amide bonds. The van der Waals surface area contributed by atoms with Crippen molar-refractivity contribution in [3.63, 3.8) is 0 Å². The highest BCUT2D eigenvalue weighted by molar-refractivity contribution is 5.58. The molecular formula is C14H16N6O2. The van der Waals surface area contributed by atoms with E-state index < -0.39 is 6.10 Å². The van der Waals surface area contributed by atoms with Gasteiger partial charge in [-0.15, -0.1) is 4.79 Å². The van der Waals surface area contributed by atoms with Crippen LogP contribution in [-0.2, 0) is 6.54 Å². The first-order chi connectivity index (χ1) is 10.6. The normalized spacial score (nSPS) is 12.3. The first kappa shape index (κ1) is 14.1. The lowest BCUT2D eigenvalue weighted by atomic mass is 10.1. The van der Waals surface area contributed by atoms with Gasteiger partial charge in [0.15, 0.2) is 0 Å². The Kier molecular flexibility index (Phi) is 3.75. The number of nitrogens with two attached hydrogens (primary N) is 1. The molecule has 3 aromatic rings. The van der Waals surface area contributed by atoms with Crippen LogP contribution in [0.1, 0.15) is 24.4 Å². The predicted octanol–water partition coefficient (Wildman–Crippen LogP) is 1.31. The Morgan fingerprint density at radius 2 is 2.05 bits per heavy atom. The molecule has 0 radical (unpaired) electrons. The Labute approximate surface area is 126 Å². The van der Waals surface area contributed by atoms with Crippen LogP contribution in [0.4, 0.5) is 5.95 Å². The van der Waals surface area contributed by atoms with Crippen LogP contribution in [0.3, 0.4) is 0 Å². The minimum atomic E-state index is -0.479. The molecule has 8 nitrogen and oxygen atoms in total. The van der Waals surface area contributed by atoms with Gasteiger partial charge in [-0.3, -0.25) is 5.43 Å². The fourth-order valence-electron chi connectivity index (χ4n) is 2.01. The number of aromatic nitrogens is 4. The van der Waals surface area contributed by atoms with Crippen molar-refractivity contribution in [1.29, 1.82) is 0 Å². The van der Waals surface area contributed by atoms with E-state index in [0.29, 0.717) is 6.54 Å². The second kappa shape index (κ2) is 5.86. The minimum absolute atomic E-state index is 0.181. The maximum atomic E-state index is 9.51.